The number of nitrogens with one attached hydrogen (secondary N) is 2. The van der Waals surface area contributed by atoms with Crippen molar-refractivity contribution in [1.82, 2.24) is 20.1 Å². The van der Waals surface area contributed by atoms with Crippen LogP contribution in [-0.2, 0) is 4.84 Å². The number of benzene rings is 1. The molecule has 14 heteroatoms. The van der Waals surface area contributed by atoms with Gasteiger partial charge in [-0.15, -0.1) is 0 Å². The quantitative estimate of drug-likeness (QED) is 0.494. The van der Waals surface area contributed by atoms with Crippen molar-refractivity contribution in [2.24, 2.45) is 4.99 Å². The molecule has 0 unspecified atom stereocenters. The van der Waals surface area contributed by atoms with Gasteiger partial charge in [-0.25, -0.2) is 29.2 Å². The average molecular weight is 488 g/mol. The van der Waals surface area contributed by atoms with E-state index in [-0.39, 0.29) is 11.4 Å². The topological polar surface area (TPSA) is 85.1 Å². The summed E-state index contributed by atoms with van der Waals surface area (Å²) in [5, 5.41) is 7.02. The molecule has 34 heavy (non-hydrogen) atoms. The first kappa shape index (κ1) is 23.6. The zero-order valence-electron chi connectivity index (χ0n) is 17.9. The second kappa shape index (κ2) is 8.04. The monoisotopic (exact) mass is 488 g/mol. The first-order valence-corrected chi connectivity index (χ1v) is 9.84. The SMILES string of the molecule is C[C@@H](Nc1ccn2ncc(C3=NC(C)(C)ON3)c2n1)c1cc(F)ccc1OC(F)(F)C(F)(F)F. The van der Waals surface area contributed by atoms with Gasteiger partial charge in [0.15, 0.2) is 17.2 Å². The molecule has 3 heterocycles. The largest absolute Gasteiger partial charge is 0.499 e. The minimum atomic E-state index is -5.95. The van der Waals surface area contributed by atoms with Crippen molar-refractivity contribution >= 4 is 17.3 Å². The van der Waals surface area contributed by atoms with E-state index in [4.69, 9.17) is 4.84 Å². The molecule has 1 aliphatic rings. The highest BCUT2D eigenvalue weighted by molar-refractivity contribution is 6.03. The smallest absolute Gasteiger partial charge is 0.425 e. The van der Waals surface area contributed by atoms with Crippen LogP contribution in [0.15, 0.2) is 41.7 Å². The molecule has 2 aromatic heterocycles. The number of amidine groups is 1. The summed E-state index contributed by atoms with van der Waals surface area (Å²) in [4.78, 5) is 14.1. The van der Waals surface area contributed by atoms with E-state index in [1.165, 1.54) is 23.7 Å². The molecule has 0 bridgehead atoms. The fraction of sp³-hybridized carbons (Fsp3) is 0.350. The molecular formula is C20H18F6N6O2. The van der Waals surface area contributed by atoms with Crippen LogP contribution < -0.4 is 15.5 Å². The maximum Gasteiger partial charge on any atom is 0.499 e. The molecule has 1 atom stereocenters. The van der Waals surface area contributed by atoms with Crippen molar-refractivity contribution in [2.75, 3.05) is 5.32 Å². The van der Waals surface area contributed by atoms with E-state index in [1.54, 1.807) is 20.0 Å². The Morgan fingerprint density at radius 2 is 1.91 bits per heavy atom. The fourth-order valence-corrected chi connectivity index (χ4v) is 3.17. The third-order valence-corrected chi connectivity index (χ3v) is 4.77. The molecule has 0 saturated heterocycles. The molecule has 0 amide bonds. The van der Waals surface area contributed by atoms with Crippen molar-refractivity contribution in [3.63, 3.8) is 0 Å². The number of aromatic nitrogens is 3. The maximum absolute atomic E-state index is 13.8. The van der Waals surface area contributed by atoms with Crippen LogP contribution in [0, 0.1) is 5.82 Å². The Hall–Kier alpha value is -3.55. The number of rotatable bonds is 6. The third-order valence-electron chi connectivity index (χ3n) is 4.77. The normalized spacial score (nSPS) is 16.8. The minimum absolute atomic E-state index is 0.207. The molecule has 182 valence electrons. The lowest BCUT2D eigenvalue weighted by Crippen LogP contribution is -2.42. The summed E-state index contributed by atoms with van der Waals surface area (Å²) in [6, 6.07) is 2.76. The number of hydrogen-bond acceptors (Lipinski definition) is 7. The van der Waals surface area contributed by atoms with Gasteiger partial charge in [0, 0.05) is 11.8 Å². The third kappa shape index (κ3) is 4.58. The second-order valence-corrected chi connectivity index (χ2v) is 7.92. The standard InChI is InChI=1S/C20H18F6N6O2/c1-10(12-8-11(21)4-5-14(12)33-20(25,26)19(22,23)24)28-15-6-7-32-17(29-15)13(9-27-32)16-30-18(2,3)34-31-16/h4-10H,1-3H3,(H,28,29)(H,30,31)/t10-/m1/s1. The number of hydrogen-bond donors (Lipinski definition) is 2. The van der Waals surface area contributed by atoms with E-state index < -0.39 is 35.6 Å². The van der Waals surface area contributed by atoms with E-state index in [9.17, 15) is 26.3 Å². The van der Waals surface area contributed by atoms with Gasteiger partial charge in [-0.2, -0.15) is 27.1 Å². The molecule has 1 aliphatic heterocycles. The Morgan fingerprint density at radius 1 is 1.18 bits per heavy atom. The van der Waals surface area contributed by atoms with Crippen molar-refractivity contribution in [3.05, 3.63) is 53.6 Å². The lowest BCUT2D eigenvalue weighted by atomic mass is 10.1. The summed E-state index contributed by atoms with van der Waals surface area (Å²) in [6.45, 7) is 4.90. The van der Waals surface area contributed by atoms with Gasteiger partial charge in [-0.05, 0) is 45.0 Å². The van der Waals surface area contributed by atoms with Gasteiger partial charge in [0.25, 0.3) is 0 Å². The van der Waals surface area contributed by atoms with Crippen molar-refractivity contribution in [3.8, 4) is 5.75 Å². The summed E-state index contributed by atoms with van der Waals surface area (Å²) in [5.74, 6) is -1.09. The second-order valence-electron chi connectivity index (χ2n) is 7.92. The van der Waals surface area contributed by atoms with Gasteiger partial charge >= 0.3 is 12.3 Å². The van der Waals surface area contributed by atoms with E-state index in [2.05, 4.69) is 30.6 Å². The number of nitrogens with zero attached hydrogens (tertiary/aromatic N) is 4. The van der Waals surface area contributed by atoms with Crippen molar-refractivity contribution in [1.29, 1.82) is 0 Å². The lowest BCUT2D eigenvalue weighted by molar-refractivity contribution is -0.360. The van der Waals surface area contributed by atoms with Gasteiger partial charge in [-0.3, -0.25) is 0 Å². The molecular weight excluding hydrogens is 470 g/mol. The summed E-state index contributed by atoms with van der Waals surface area (Å²) in [7, 11) is 0. The van der Waals surface area contributed by atoms with E-state index in [0.29, 0.717) is 23.1 Å². The number of halogens is 6. The highest BCUT2D eigenvalue weighted by Gasteiger charge is 2.61. The van der Waals surface area contributed by atoms with Gasteiger partial charge in [0.2, 0.25) is 0 Å². The molecule has 3 aromatic rings. The van der Waals surface area contributed by atoms with Gasteiger partial charge in [0.05, 0.1) is 17.8 Å². The molecule has 1 aromatic carbocycles. The van der Waals surface area contributed by atoms with Crippen LogP contribution in [0.3, 0.4) is 0 Å². The van der Waals surface area contributed by atoms with Crippen LogP contribution in [0.4, 0.5) is 32.2 Å². The van der Waals surface area contributed by atoms with Crippen molar-refractivity contribution < 1.29 is 35.9 Å². The van der Waals surface area contributed by atoms with Gasteiger partial charge < -0.3 is 10.1 Å². The van der Waals surface area contributed by atoms with E-state index in [1.807, 2.05) is 0 Å². The Balaban J connectivity index is 1.63. The minimum Gasteiger partial charge on any atom is -0.425 e. The molecule has 2 N–H and O–H groups in total. The number of ether oxygens (including phenoxy) is 1. The van der Waals surface area contributed by atoms with Gasteiger partial charge in [0.1, 0.15) is 17.4 Å². The predicted octanol–water partition coefficient (Wildman–Crippen LogP) is 4.59. The summed E-state index contributed by atoms with van der Waals surface area (Å²) >= 11 is 0. The number of alkyl halides is 5. The number of anilines is 1. The summed E-state index contributed by atoms with van der Waals surface area (Å²) in [6.07, 6.45) is -8.36. The van der Waals surface area contributed by atoms with Crippen LogP contribution in [0.5, 0.6) is 5.75 Å². The molecule has 0 spiro atoms. The Morgan fingerprint density at radius 3 is 2.56 bits per heavy atom. The molecule has 4 rings (SSSR count). The Bertz CT molecular complexity index is 1260. The number of hydroxylamine groups is 1. The molecule has 0 saturated carbocycles. The van der Waals surface area contributed by atoms with Crippen LogP contribution in [0.1, 0.15) is 37.9 Å². The summed E-state index contributed by atoms with van der Waals surface area (Å²) < 4.78 is 83.9. The molecule has 0 radical (unpaired) electrons. The van der Waals surface area contributed by atoms with Crippen molar-refractivity contribution in [2.45, 2.75) is 44.8 Å². The van der Waals surface area contributed by atoms with Crippen LogP contribution in [-0.4, -0.2) is 38.4 Å². The van der Waals surface area contributed by atoms with Crippen LogP contribution in [0.25, 0.3) is 5.65 Å². The molecule has 0 aliphatic carbocycles. The fourth-order valence-electron chi connectivity index (χ4n) is 3.17. The lowest BCUT2D eigenvalue weighted by Gasteiger charge is -2.24. The van der Waals surface area contributed by atoms with Crippen LogP contribution >= 0.6 is 0 Å². The molecule has 8 nitrogen and oxygen atoms in total. The maximum atomic E-state index is 13.8. The number of aliphatic imine (C=N–C) groups is 1. The Kier molecular flexibility index (Phi) is 5.58. The zero-order chi connectivity index (χ0) is 24.9. The highest BCUT2D eigenvalue weighted by Crippen LogP contribution is 2.40. The van der Waals surface area contributed by atoms with E-state index in [0.717, 1.165) is 12.1 Å². The first-order chi connectivity index (χ1) is 15.8. The highest BCUT2D eigenvalue weighted by atomic mass is 19.4. The predicted molar refractivity (Wildman–Crippen MR) is 108 cm³/mol. The zero-order valence-corrected chi connectivity index (χ0v) is 17.9. The average Bonchev–Trinajstić information content (AvgIpc) is 3.30. The molecule has 0 fully saturated rings. The Labute approximate surface area is 188 Å². The van der Waals surface area contributed by atoms with Gasteiger partial charge in [-0.1, -0.05) is 0 Å². The summed E-state index contributed by atoms with van der Waals surface area (Å²) in [5.41, 5.74) is 2.47. The first-order valence-electron chi connectivity index (χ1n) is 9.84. The number of fused-ring (bicyclic) bond motifs is 1. The van der Waals surface area contributed by atoms with Crippen LogP contribution in [0.2, 0.25) is 0 Å². The van der Waals surface area contributed by atoms with E-state index >= 15 is 0 Å².